The largest absolute Gasteiger partial charge is 0.544 e. The minimum Gasteiger partial charge on any atom is -0.544 e. The smallest absolute Gasteiger partial charge is 0.250 e. The molecule has 0 saturated heterocycles. The molecule has 1 rings (SSSR count). The zero-order chi connectivity index (χ0) is 12.4. The van der Waals surface area contributed by atoms with E-state index in [9.17, 15) is 0 Å². The van der Waals surface area contributed by atoms with Crippen LogP contribution in [0.1, 0.15) is 26.3 Å². The maximum Gasteiger partial charge on any atom is 0.250 e. The number of benzene rings is 1. The van der Waals surface area contributed by atoms with E-state index in [1.807, 2.05) is 12.1 Å². The summed E-state index contributed by atoms with van der Waals surface area (Å²) in [6.07, 6.45) is 0. The van der Waals surface area contributed by atoms with Gasteiger partial charge in [0.1, 0.15) is 5.75 Å². The van der Waals surface area contributed by atoms with E-state index in [4.69, 9.17) is 4.43 Å². The first-order valence-corrected chi connectivity index (χ1v) is 9.19. The Hall–Kier alpha value is -0.413. The summed E-state index contributed by atoms with van der Waals surface area (Å²) >= 11 is 4.24. The summed E-state index contributed by atoms with van der Waals surface area (Å²) in [5.41, 5.74) is 1.23. The van der Waals surface area contributed by atoms with Gasteiger partial charge < -0.3 is 4.43 Å². The molecule has 0 aliphatic heterocycles. The average molecular weight is 254 g/mol. The maximum atomic E-state index is 6.18. The summed E-state index contributed by atoms with van der Waals surface area (Å²) in [7, 11) is -1.69. The number of thiol groups is 1. The molecule has 16 heavy (non-hydrogen) atoms. The molecule has 3 heteroatoms. The lowest BCUT2D eigenvalue weighted by Crippen LogP contribution is -2.43. The lowest BCUT2D eigenvalue weighted by molar-refractivity contribution is 0.492. The van der Waals surface area contributed by atoms with Crippen LogP contribution in [0.25, 0.3) is 0 Å². The maximum absolute atomic E-state index is 6.18. The first-order valence-electron chi connectivity index (χ1n) is 5.65. The van der Waals surface area contributed by atoms with E-state index in [0.717, 1.165) is 11.5 Å². The van der Waals surface area contributed by atoms with Crippen molar-refractivity contribution in [3.8, 4) is 5.75 Å². The fourth-order valence-electron chi connectivity index (χ4n) is 1.11. The van der Waals surface area contributed by atoms with E-state index in [0.29, 0.717) is 0 Å². The molecule has 0 aromatic heterocycles. The Bertz CT molecular complexity index is 338. The fraction of sp³-hybridized carbons (Fsp3) is 0.538. The molecular weight excluding hydrogens is 232 g/mol. The quantitative estimate of drug-likeness (QED) is 0.617. The second kappa shape index (κ2) is 4.84. The molecule has 0 N–H and O–H groups in total. The van der Waals surface area contributed by atoms with Gasteiger partial charge in [-0.05, 0) is 35.8 Å². The molecule has 1 aromatic rings. The van der Waals surface area contributed by atoms with Gasteiger partial charge in [0.15, 0.2) is 0 Å². The van der Waals surface area contributed by atoms with Gasteiger partial charge in [0, 0.05) is 5.75 Å². The Morgan fingerprint density at radius 1 is 1.12 bits per heavy atom. The van der Waals surface area contributed by atoms with Gasteiger partial charge in [-0.25, -0.2) is 0 Å². The molecule has 0 aliphatic carbocycles. The number of hydrogen-bond acceptors (Lipinski definition) is 2. The predicted molar refractivity (Wildman–Crippen MR) is 77.0 cm³/mol. The minimum atomic E-state index is -1.69. The molecule has 0 amide bonds. The summed E-state index contributed by atoms with van der Waals surface area (Å²) in [4.78, 5) is 0. The van der Waals surface area contributed by atoms with Crippen LogP contribution < -0.4 is 4.43 Å². The highest BCUT2D eigenvalue weighted by atomic mass is 32.1. The van der Waals surface area contributed by atoms with Gasteiger partial charge in [0.05, 0.1) is 0 Å². The van der Waals surface area contributed by atoms with Crippen molar-refractivity contribution < 1.29 is 4.43 Å². The van der Waals surface area contributed by atoms with E-state index in [1.165, 1.54) is 5.56 Å². The number of hydrogen-bond donors (Lipinski definition) is 1. The number of rotatable bonds is 3. The third-order valence-electron chi connectivity index (χ3n) is 3.29. The molecule has 0 fully saturated rings. The molecule has 0 radical (unpaired) electrons. The summed E-state index contributed by atoms with van der Waals surface area (Å²) in [5, 5.41) is 0.245. The van der Waals surface area contributed by atoms with E-state index < -0.39 is 8.32 Å². The van der Waals surface area contributed by atoms with E-state index >= 15 is 0 Å². The van der Waals surface area contributed by atoms with Gasteiger partial charge in [0.25, 0.3) is 0 Å². The van der Waals surface area contributed by atoms with Crippen molar-refractivity contribution in [1.82, 2.24) is 0 Å². The van der Waals surface area contributed by atoms with Crippen LogP contribution in [0.2, 0.25) is 18.1 Å². The van der Waals surface area contributed by atoms with Crippen molar-refractivity contribution in [2.24, 2.45) is 0 Å². The first-order chi connectivity index (χ1) is 7.26. The second-order valence-electron chi connectivity index (χ2n) is 5.66. The third-order valence-corrected chi connectivity index (χ3v) is 8.01. The molecule has 90 valence electrons. The summed E-state index contributed by atoms with van der Waals surface area (Å²) in [5.74, 6) is 1.76. The van der Waals surface area contributed by atoms with Crippen LogP contribution in [0.3, 0.4) is 0 Å². The monoisotopic (exact) mass is 254 g/mol. The molecular formula is C13H22OSSi. The Morgan fingerprint density at radius 3 is 2.00 bits per heavy atom. The predicted octanol–water partition coefficient (Wildman–Crippen LogP) is 4.50. The van der Waals surface area contributed by atoms with Crippen molar-refractivity contribution in [2.75, 3.05) is 0 Å². The molecule has 1 nitrogen and oxygen atoms in total. The molecule has 0 spiro atoms. The first kappa shape index (κ1) is 13.7. The third kappa shape index (κ3) is 3.29. The molecule has 1 aromatic carbocycles. The van der Waals surface area contributed by atoms with Crippen LogP contribution in [0.15, 0.2) is 24.3 Å². The van der Waals surface area contributed by atoms with Crippen molar-refractivity contribution in [2.45, 2.75) is 44.7 Å². The van der Waals surface area contributed by atoms with Gasteiger partial charge in [0.2, 0.25) is 8.32 Å². The van der Waals surface area contributed by atoms with Gasteiger partial charge in [-0.2, -0.15) is 12.6 Å². The second-order valence-corrected chi connectivity index (χ2v) is 10.7. The van der Waals surface area contributed by atoms with Crippen LogP contribution >= 0.6 is 12.6 Å². The molecule has 0 unspecified atom stereocenters. The molecule has 0 bridgehead atoms. The van der Waals surface area contributed by atoms with Crippen LogP contribution in [-0.4, -0.2) is 8.32 Å². The van der Waals surface area contributed by atoms with Crippen molar-refractivity contribution in [3.63, 3.8) is 0 Å². The fourth-order valence-corrected chi connectivity index (χ4v) is 2.35. The van der Waals surface area contributed by atoms with Crippen LogP contribution in [-0.2, 0) is 5.75 Å². The van der Waals surface area contributed by atoms with E-state index in [-0.39, 0.29) is 5.04 Å². The summed E-state index contributed by atoms with van der Waals surface area (Å²) in [6, 6.07) is 8.25. The summed E-state index contributed by atoms with van der Waals surface area (Å²) in [6.45, 7) is 11.3. The van der Waals surface area contributed by atoms with Crippen molar-refractivity contribution >= 4 is 20.9 Å². The normalized spacial score (nSPS) is 12.6. The standard InChI is InChI=1S/C13H22OSSi/c1-13(2,3)16(4,5)14-12-8-6-11(10-15)7-9-12/h6-9,15H,10H2,1-5H3. The highest BCUT2D eigenvalue weighted by molar-refractivity contribution is 7.79. The molecule has 0 atom stereocenters. The highest BCUT2D eigenvalue weighted by Crippen LogP contribution is 2.37. The molecule has 0 heterocycles. The Balaban J connectivity index is 2.80. The molecule has 0 aliphatic rings. The van der Waals surface area contributed by atoms with E-state index in [1.54, 1.807) is 0 Å². The lowest BCUT2D eigenvalue weighted by Gasteiger charge is -2.36. The SMILES string of the molecule is CC(C)(C)[Si](C)(C)Oc1ccc(CS)cc1. The Kier molecular flexibility index (Phi) is 4.13. The summed E-state index contributed by atoms with van der Waals surface area (Å²) < 4.78 is 6.18. The van der Waals surface area contributed by atoms with Crippen LogP contribution in [0, 0.1) is 0 Å². The zero-order valence-corrected chi connectivity index (χ0v) is 12.8. The van der Waals surface area contributed by atoms with E-state index in [2.05, 4.69) is 58.6 Å². The average Bonchev–Trinajstić information content (AvgIpc) is 2.16. The van der Waals surface area contributed by atoms with Crippen LogP contribution in [0.4, 0.5) is 0 Å². The highest BCUT2D eigenvalue weighted by Gasteiger charge is 2.38. The van der Waals surface area contributed by atoms with Crippen LogP contribution in [0.5, 0.6) is 5.75 Å². The Labute approximate surface area is 106 Å². The Morgan fingerprint density at radius 2 is 1.62 bits per heavy atom. The minimum absolute atomic E-state index is 0.245. The van der Waals surface area contributed by atoms with Gasteiger partial charge in [-0.1, -0.05) is 32.9 Å². The zero-order valence-electron chi connectivity index (χ0n) is 10.9. The molecule has 0 saturated carbocycles. The van der Waals surface area contributed by atoms with Gasteiger partial charge in [-0.15, -0.1) is 0 Å². The van der Waals surface area contributed by atoms with Gasteiger partial charge in [-0.3, -0.25) is 0 Å². The van der Waals surface area contributed by atoms with Crippen molar-refractivity contribution in [3.05, 3.63) is 29.8 Å². The lowest BCUT2D eigenvalue weighted by atomic mass is 10.2. The topological polar surface area (TPSA) is 9.23 Å². The van der Waals surface area contributed by atoms with Crippen molar-refractivity contribution in [1.29, 1.82) is 0 Å². The van der Waals surface area contributed by atoms with Gasteiger partial charge >= 0.3 is 0 Å².